The van der Waals surface area contributed by atoms with Crippen LogP contribution in [0.1, 0.15) is 37.4 Å². The minimum absolute atomic E-state index is 0.173. The van der Waals surface area contributed by atoms with Gasteiger partial charge >= 0.3 is 0 Å². The van der Waals surface area contributed by atoms with Crippen molar-refractivity contribution in [2.24, 2.45) is 5.73 Å². The van der Waals surface area contributed by atoms with Gasteiger partial charge in [0.1, 0.15) is 5.82 Å². The molecule has 2 aromatic rings. The summed E-state index contributed by atoms with van der Waals surface area (Å²) in [4.78, 5) is 5.38. The van der Waals surface area contributed by atoms with Crippen LogP contribution in [0.5, 0.6) is 0 Å². The molecule has 1 aliphatic rings. The molecule has 4 nitrogen and oxygen atoms in total. The molecular formula is C15H18FN3OS. The maximum atomic E-state index is 12.8. The molecule has 2 N–H and O–H groups in total. The predicted octanol–water partition coefficient (Wildman–Crippen LogP) is 3.32. The van der Waals surface area contributed by atoms with Gasteiger partial charge in [-0.15, -0.1) is 11.8 Å². The van der Waals surface area contributed by atoms with E-state index in [4.69, 9.17) is 10.3 Å². The van der Waals surface area contributed by atoms with Crippen LogP contribution in [-0.2, 0) is 12.2 Å². The summed E-state index contributed by atoms with van der Waals surface area (Å²) in [5, 5.41) is 3.99. The summed E-state index contributed by atoms with van der Waals surface area (Å²) in [5.41, 5.74) is 6.14. The Hall–Kier alpha value is -1.40. The maximum Gasteiger partial charge on any atom is 0.228 e. The number of nitrogens with two attached hydrogens (primary N) is 1. The minimum Gasteiger partial charge on any atom is -0.339 e. The molecule has 112 valence electrons. The average Bonchev–Trinajstić information content (AvgIpc) is 3.08. The van der Waals surface area contributed by atoms with Crippen LogP contribution in [0.2, 0.25) is 0 Å². The SMILES string of the molecule is NC1(Cc2nc(CSc3ccc(F)cc3)no2)CCCC1. The first-order chi connectivity index (χ1) is 10.1. The molecule has 1 heterocycles. The Morgan fingerprint density at radius 3 is 2.67 bits per heavy atom. The highest BCUT2D eigenvalue weighted by molar-refractivity contribution is 7.98. The molecule has 1 saturated carbocycles. The van der Waals surface area contributed by atoms with Gasteiger partial charge in [0.25, 0.3) is 0 Å². The summed E-state index contributed by atoms with van der Waals surface area (Å²) >= 11 is 1.55. The van der Waals surface area contributed by atoms with Crippen LogP contribution in [0.15, 0.2) is 33.7 Å². The van der Waals surface area contributed by atoms with Crippen LogP contribution in [0, 0.1) is 5.82 Å². The molecule has 1 aromatic carbocycles. The molecule has 6 heteroatoms. The molecule has 0 aliphatic heterocycles. The van der Waals surface area contributed by atoms with Gasteiger partial charge in [0.15, 0.2) is 5.82 Å². The number of hydrogen-bond acceptors (Lipinski definition) is 5. The highest BCUT2D eigenvalue weighted by Crippen LogP contribution is 2.30. The second-order valence-electron chi connectivity index (χ2n) is 5.59. The molecule has 0 radical (unpaired) electrons. The molecule has 1 aliphatic carbocycles. The van der Waals surface area contributed by atoms with Gasteiger partial charge < -0.3 is 10.3 Å². The van der Waals surface area contributed by atoms with E-state index in [1.54, 1.807) is 23.9 Å². The lowest BCUT2D eigenvalue weighted by Gasteiger charge is -2.20. The Morgan fingerprint density at radius 2 is 1.95 bits per heavy atom. The molecule has 0 bridgehead atoms. The second-order valence-corrected chi connectivity index (χ2v) is 6.64. The largest absolute Gasteiger partial charge is 0.339 e. The summed E-state index contributed by atoms with van der Waals surface area (Å²) in [7, 11) is 0. The third kappa shape index (κ3) is 3.83. The lowest BCUT2D eigenvalue weighted by atomic mass is 9.95. The smallest absolute Gasteiger partial charge is 0.228 e. The molecule has 0 saturated heterocycles. The maximum absolute atomic E-state index is 12.8. The summed E-state index contributed by atoms with van der Waals surface area (Å²) in [6, 6.07) is 6.38. The molecule has 1 aromatic heterocycles. The van der Waals surface area contributed by atoms with Crippen molar-refractivity contribution in [3.05, 3.63) is 41.8 Å². The van der Waals surface area contributed by atoms with Crippen LogP contribution in [0.4, 0.5) is 4.39 Å². The van der Waals surface area contributed by atoms with Crippen molar-refractivity contribution < 1.29 is 8.91 Å². The molecule has 0 unspecified atom stereocenters. The van der Waals surface area contributed by atoms with Crippen molar-refractivity contribution in [2.75, 3.05) is 0 Å². The van der Waals surface area contributed by atoms with Crippen LogP contribution in [0.3, 0.4) is 0 Å². The zero-order chi connectivity index (χ0) is 14.7. The van der Waals surface area contributed by atoms with E-state index in [1.807, 2.05) is 0 Å². The minimum atomic E-state index is -0.231. The molecular weight excluding hydrogens is 289 g/mol. The van der Waals surface area contributed by atoms with Crippen molar-refractivity contribution in [1.82, 2.24) is 10.1 Å². The first kappa shape index (κ1) is 14.5. The molecule has 21 heavy (non-hydrogen) atoms. The van der Waals surface area contributed by atoms with E-state index in [9.17, 15) is 4.39 Å². The van der Waals surface area contributed by atoms with Gasteiger partial charge in [-0.05, 0) is 37.1 Å². The predicted molar refractivity (Wildman–Crippen MR) is 79.3 cm³/mol. The standard InChI is InChI=1S/C15H18FN3OS/c16-11-3-5-12(6-4-11)21-10-13-18-14(20-19-13)9-15(17)7-1-2-8-15/h3-6H,1-2,7-10,17H2. The monoisotopic (exact) mass is 307 g/mol. The number of halogens is 1. The highest BCUT2D eigenvalue weighted by atomic mass is 32.2. The lowest BCUT2D eigenvalue weighted by molar-refractivity contribution is 0.327. The summed E-state index contributed by atoms with van der Waals surface area (Å²) in [6.45, 7) is 0. The van der Waals surface area contributed by atoms with E-state index < -0.39 is 0 Å². The van der Waals surface area contributed by atoms with Crippen LogP contribution < -0.4 is 5.73 Å². The van der Waals surface area contributed by atoms with Crippen LogP contribution in [-0.4, -0.2) is 15.7 Å². The van der Waals surface area contributed by atoms with Gasteiger partial charge in [0, 0.05) is 16.9 Å². The average molecular weight is 307 g/mol. The topological polar surface area (TPSA) is 64.9 Å². The fraction of sp³-hybridized carbons (Fsp3) is 0.467. The normalized spacial score (nSPS) is 17.2. The number of nitrogens with zero attached hydrogens (tertiary/aromatic N) is 2. The fourth-order valence-electron chi connectivity index (χ4n) is 2.66. The third-order valence-corrected chi connectivity index (χ3v) is 4.80. The van der Waals surface area contributed by atoms with Crippen molar-refractivity contribution in [3.63, 3.8) is 0 Å². The number of aromatic nitrogens is 2. The summed E-state index contributed by atoms with van der Waals surface area (Å²) in [6.07, 6.45) is 5.06. The van der Waals surface area contributed by atoms with Gasteiger partial charge in [-0.1, -0.05) is 18.0 Å². The summed E-state index contributed by atoms with van der Waals surface area (Å²) in [5.74, 6) is 1.65. The van der Waals surface area contributed by atoms with E-state index in [1.165, 1.54) is 25.0 Å². The van der Waals surface area contributed by atoms with Crippen molar-refractivity contribution in [3.8, 4) is 0 Å². The number of rotatable bonds is 5. The van der Waals surface area contributed by atoms with Gasteiger partial charge in [-0.25, -0.2) is 4.39 Å². The zero-order valence-electron chi connectivity index (χ0n) is 11.7. The van der Waals surface area contributed by atoms with E-state index in [0.29, 0.717) is 23.9 Å². The van der Waals surface area contributed by atoms with Crippen molar-refractivity contribution >= 4 is 11.8 Å². The lowest BCUT2D eigenvalue weighted by Crippen LogP contribution is -2.38. The van der Waals surface area contributed by atoms with Crippen molar-refractivity contribution in [2.45, 2.75) is 48.3 Å². The van der Waals surface area contributed by atoms with E-state index in [2.05, 4.69) is 10.1 Å². The Bertz CT molecular complexity index is 593. The second kappa shape index (κ2) is 6.15. The Morgan fingerprint density at radius 1 is 1.24 bits per heavy atom. The first-order valence-electron chi connectivity index (χ1n) is 7.12. The van der Waals surface area contributed by atoms with Gasteiger partial charge in [0.2, 0.25) is 5.89 Å². The zero-order valence-corrected chi connectivity index (χ0v) is 12.5. The number of thioether (sulfide) groups is 1. The third-order valence-electron chi connectivity index (χ3n) is 3.79. The first-order valence-corrected chi connectivity index (χ1v) is 8.10. The molecule has 1 fully saturated rings. The molecule has 0 atom stereocenters. The molecule has 0 amide bonds. The van der Waals surface area contributed by atoms with Gasteiger partial charge in [-0.3, -0.25) is 0 Å². The molecule has 0 spiro atoms. The van der Waals surface area contributed by atoms with Crippen molar-refractivity contribution in [1.29, 1.82) is 0 Å². The molecule has 3 rings (SSSR count). The van der Waals surface area contributed by atoms with Crippen LogP contribution >= 0.6 is 11.8 Å². The number of hydrogen-bond donors (Lipinski definition) is 1. The Balaban J connectivity index is 1.56. The quantitative estimate of drug-likeness (QED) is 0.858. The van der Waals surface area contributed by atoms with E-state index in [0.717, 1.165) is 17.7 Å². The fourth-order valence-corrected chi connectivity index (χ4v) is 3.40. The Labute approximate surface area is 127 Å². The van der Waals surface area contributed by atoms with Crippen LogP contribution in [0.25, 0.3) is 0 Å². The van der Waals surface area contributed by atoms with Gasteiger partial charge in [-0.2, -0.15) is 4.98 Å². The summed E-state index contributed by atoms with van der Waals surface area (Å²) < 4.78 is 18.1. The van der Waals surface area contributed by atoms with Gasteiger partial charge in [0.05, 0.1) is 5.75 Å². The van der Waals surface area contributed by atoms with E-state index in [-0.39, 0.29) is 11.4 Å². The van der Waals surface area contributed by atoms with E-state index >= 15 is 0 Å². The Kier molecular flexibility index (Phi) is 4.26. The highest BCUT2D eigenvalue weighted by Gasteiger charge is 2.31. The number of benzene rings is 1.